The highest BCUT2D eigenvalue weighted by molar-refractivity contribution is 7.99. The Morgan fingerprint density at radius 2 is 1.69 bits per heavy atom. The predicted molar refractivity (Wildman–Crippen MR) is 132 cm³/mol. The first-order chi connectivity index (χ1) is 18.5. The van der Waals surface area contributed by atoms with Crippen LogP contribution in [0.2, 0.25) is 0 Å². The van der Waals surface area contributed by atoms with Crippen molar-refractivity contribution >= 4 is 29.4 Å². The summed E-state index contributed by atoms with van der Waals surface area (Å²) in [6.07, 6.45) is -3.94. The monoisotopic (exact) mass is 558 g/mol. The van der Waals surface area contributed by atoms with Crippen molar-refractivity contribution in [3.05, 3.63) is 93.8 Å². The van der Waals surface area contributed by atoms with Gasteiger partial charge < -0.3 is 9.47 Å². The van der Waals surface area contributed by atoms with Gasteiger partial charge in [-0.25, -0.2) is 19.3 Å². The Morgan fingerprint density at radius 1 is 1.00 bits per heavy atom. The molecular weight excluding hydrogens is 541 g/mol. The van der Waals surface area contributed by atoms with Crippen molar-refractivity contribution in [3.8, 4) is 16.9 Å². The maximum Gasteiger partial charge on any atom is 0.417 e. The summed E-state index contributed by atoms with van der Waals surface area (Å²) in [6.45, 7) is 0. The van der Waals surface area contributed by atoms with E-state index in [0.29, 0.717) is 11.9 Å². The van der Waals surface area contributed by atoms with Crippen molar-refractivity contribution in [1.29, 1.82) is 0 Å². The van der Waals surface area contributed by atoms with E-state index in [2.05, 4.69) is 10.1 Å². The Bertz CT molecular complexity index is 1560. The number of hydrogen-bond acceptors (Lipinski definition) is 9. The number of nitro groups is 1. The van der Waals surface area contributed by atoms with Crippen LogP contribution in [0, 0.1) is 10.1 Å². The van der Waals surface area contributed by atoms with Gasteiger partial charge in [0.1, 0.15) is 16.3 Å². The second kappa shape index (κ2) is 10.9. The highest BCUT2D eigenvalue weighted by Gasteiger charge is 2.33. The summed E-state index contributed by atoms with van der Waals surface area (Å²) in [5.41, 5.74) is -1.48. The normalized spacial score (nSPS) is 11.2. The number of alkyl halides is 3. The van der Waals surface area contributed by atoms with Crippen LogP contribution < -0.4 is 0 Å². The molecule has 2 aromatic carbocycles. The van der Waals surface area contributed by atoms with Crippen LogP contribution in [0.5, 0.6) is 0 Å². The molecule has 0 atom stereocenters. The van der Waals surface area contributed by atoms with Gasteiger partial charge in [-0.3, -0.25) is 10.1 Å². The molecule has 2 aromatic heterocycles. The fourth-order valence-corrected chi connectivity index (χ4v) is 4.41. The van der Waals surface area contributed by atoms with Gasteiger partial charge in [0.15, 0.2) is 5.69 Å². The fraction of sp³-hybridized carbons (Fsp3) is 0.120. The van der Waals surface area contributed by atoms with Crippen LogP contribution in [0.1, 0.15) is 26.4 Å². The molecule has 0 unspecified atom stereocenters. The fourth-order valence-electron chi connectivity index (χ4n) is 3.57. The van der Waals surface area contributed by atoms with E-state index in [-0.39, 0.29) is 32.4 Å². The van der Waals surface area contributed by atoms with E-state index in [1.165, 1.54) is 16.8 Å². The van der Waals surface area contributed by atoms with Crippen LogP contribution in [0.4, 0.5) is 18.9 Å². The predicted octanol–water partition coefficient (Wildman–Crippen LogP) is 5.59. The summed E-state index contributed by atoms with van der Waals surface area (Å²) in [4.78, 5) is 40.6. The van der Waals surface area contributed by atoms with Gasteiger partial charge in [0.05, 0.1) is 35.3 Å². The first-order valence-corrected chi connectivity index (χ1v) is 11.7. The number of rotatable bonds is 7. The molecule has 10 nitrogen and oxygen atoms in total. The highest BCUT2D eigenvalue weighted by atomic mass is 32.2. The molecule has 0 aliphatic heterocycles. The molecule has 4 aromatic rings. The summed E-state index contributed by atoms with van der Waals surface area (Å²) in [5.74, 6) is -1.82. The zero-order valence-corrected chi connectivity index (χ0v) is 20.9. The van der Waals surface area contributed by atoms with E-state index >= 15 is 0 Å². The number of methoxy groups -OCH3 is 2. The van der Waals surface area contributed by atoms with Gasteiger partial charge in [-0.05, 0) is 30.3 Å². The minimum atomic E-state index is -4.58. The minimum Gasteiger partial charge on any atom is -0.465 e. The number of ether oxygens (including phenoxy) is 2. The second-order valence-electron chi connectivity index (χ2n) is 7.73. The molecule has 0 spiro atoms. The van der Waals surface area contributed by atoms with E-state index in [1.807, 2.05) is 0 Å². The van der Waals surface area contributed by atoms with Gasteiger partial charge in [-0.15, -0.1) is 0 Å². The third-order valence-electron chi connectivity index (χ3n) is 5.36. The van der Waals surface area contributed by atoms with Gasteiger partial charge in [0, 0.05) is 17.8 Å². The molecule has 14 heteroatoms. The summed E-state index contributed by atoms with van der Waals surface area (Å²) < 4.78 is 49.4. The van der Waals surface area contributed by atoms with Gasteiger partial charge >= 0.3 is 18.1 Å². The lowest BCUT2D eigenvalue weighted by Gasteiger charge is -2.08. The SMILES string of the molecule is COC(=O)c1c(-c2ccc(Sc3ccc(C(F)(F)F)cn3)c([N+](=O)[O-])c2)nn(-c2ccccc2)c1C(=O)OC. The van der Waals surface area contributed by atoms with Crippen molar-refractivity contribution in [2.45, 2.75) is 16.1 Å². The van der Waals surface area contributed by atoms with Gasteiger partial charge in [0.25, 0.3) is 5.69 Å². The van der Waals surface area contributed by atoms with Crippen molar-refractivity contribution in [1.82, 2.24) is 14.8 Å². The molecule has 0 aliphatic rings. The first-order valence-electron chi connectivity index (χ1n) is 10.9. The average Bonchev–Trinajstić information content (AvgIpc) is 3.33. The third-order valence-corrected chi connectivity index (χ3v) is 6.38. The van der Waals surface area contributed by atoms with Crippen LogP contribution in [0.15, 0.2) is 76.8 Å². The number of carbonyl (C=O) groups excluding carboxylic acids is 2. The van der Waals surface area contributed by atoms with E-state index in [1.54, 1.807) is 30.3 Å². The largest absolute Gasteiger partial charge is 0.465 e. The number of halogens is 3. The van der Waals surface area contributed by atoms with Crippen LogP contribution in [-0.2, 0) is 15.7 Å². The highest BCUT2D eigenvalue weighted by Crippen LogP contribution is 2.39. The van der Waals surface area contributed by atoms with Crippen molar-refractivity contribution in [2.75, 3.05) is 14.2 Å². The molecule has 0 radical (unpaired) electrons. The standard InChI is InChI=1S/C25H17F3N4O6S/c1-37-23(33)20-21(30-31(22(20)24(34)38-2)16-6-4-3-5-7-16)14-8-10-18(17(12-14)32(35)36)39-19-11-9-15(13-29-19)25(26,27)28/h3-13H,1-2H3. The lowest BCUT2D eigenvalue weighted by atomic mass is 10.0. The topological polar surface area (TPSA) is 126 Å². The molecule has 0 fully saturated rings. The van der Waals surface area contributed by atoms with Crippen LogP contribution in [0.25, 0.3) is 16.9 Å². The number of pyridine rings is 1. The van der Waals surface area contributed by atoms with Crippen LogP contribution in [-0.4, -0.2) is 45.8 Å². The maximum atomic E-state index is 12.8. The molecule has 0 saturated carbocycles. The second-order valence-corrected chi connectivity index (χ2v) is 8.79. The summed E-state index contributed by atoms with van der Waals surface area (Å²) in [7, 11) is 2.23. The smallest absolute Gasteiger partial charge is 0.417 e. The zero-order valence-electron chi connectivity index (χ0n) is 20.1. The van der Waals surface area contributed by atoms with Gasteiger partial charge in [-0.2, -0.15) is 18.3 Å². The average molecular weight is 558 g/mol. The number of esters is 2. The Kier molecular flexibility index (Phi) is 7.67. The van der Waals surface area contributed by atoms with Crippen LogP contribution in [0.3, 0.4) is 0 Å². The molecule has 2 heterocycles. The molecule has 200 valence electrons. The van der Waals surface area contributed by atoms with Crippen LogP contribution >= 0.6 is 11.8 Å². The van der Waals surface area contributed by atoms with E-state index < -0.39 is 34.3 Å². The minimum absolute atomic E-state index is 0.0753. The van der Waals surface area contributed by atoms with Crippen molar-refractivity contribution in [2.24, 2.45) is 0 Å². The molecule has 0 saturated heterocycles. The lowest BCUT2D eigenvalue weighted by molar-refractivity contribution is -0.387. The Balaban J connectivity index is 1.85. The zero-order chi connectivity index (χ0) is 28.3. The van der Waals surface area contributed by atoms with Crippen molar-refractivity contribution in [3.63, 3.8) is 0 Å². The number of aromatic nitrogens is 3. The van der Waals surface area contributed by atoms with Gasteiger partial charge in [-0.1, -0.05) is 36.0 Å². The molecule has 0 amide bonds. The third kappa shape index (κ3) is 5.60. The first kappa shape index (κ1) is 27.3. The van der Waals surface area contributed by atoms with Crippen molar-refractivity contribution < 1.29 is 37.2 Å². The Labute approximate surface area is 222 Å². The molecule has 39 heavy (non-hydrogen) atoms. The van der Waals surface area contributed by atoms with E-state index in [9.17, 15) is 32.9 Å². The molecule has 0 bridgehead atoms. The molecule has 0 N–H and O–H groups in total. The number of benzene rings is 2. The maximum absolute atomic E-state index is 12.8. The number of nitro benzene ring substituents is 1. The summed E-state index contributed by atoms with van der Waals surface area (Å²) in [5, 5.41) is 16.4. The summed E-state index contributed by atoms with van der Waals surface area (Å²) >= 11 is 0.783. The quantitative estimate of drug-likeness (QED) is 0.162. The van der Waals surface area contributed by atoms with E-state index in [0.717, 1.165) is 44.2 Å². The molecule has 0 aliphatic carbocycles. The number of para-hydroxylation sites is 1. The number of nitrogens with zero attached hydrogens (tertiary/aromatic N) is 4. The number of hydrogen-bond donors (Lipinski definition) is 0. The number of carbonyl (C=O) groups is 2. The Morgan fingerprint density at radius 3 is 2.26 bits per heavy atom. The molecular formula is C25H17F3N4O6S. The Hall–Kier alpha value is -4.72. The molecule has 4 rings (SSSR count). The van der Waals surface area contributed by atoms with Gasteiger partial charge in [0.2, 0.25) is 0 Å². The summed E-state index contributed by atoms with van der Waals surface area (Å²) in [6, 6.07) is 14.2. The van der Waals surface area contributed by atoms with E-state index in [4.69, 9.17) is 9.47 Å². The lowest BCUT2D eigenvalue weighted by Crippen LogP contribution is -2.15.